The van der Waals surface area contributed by atoms with Crippen molar-refractivity contribution in [2.45, 2.75) is 17.2 Å². The first-order chi connectivity index (χ1) is 9.22. The molecule has 0 bridgehead atoms. The second-order valence-corrected chi connectivity index (χ2v) is 5.81. The van der Waals surface area contributed by atoms with Gasteiger partial charge < -0.3 is 0 Å². The lowest BCUT2D eigenvalue weighted by Gasteiger charge is -2.10. The smallest absolute Gasteiger partial charge is 0.140 e. The maximum absolute atomic E-state index is 5.88. The van der Waals surface area contributed by atoms with Crippen LogP contribution in [0.4, 0.5) is 0 Å². The summed E-state index contributed by atoms with van der Waals surface area (Å²) in [6, 6.07) is 11.6. The van der Waals surface area contributed by atoms with Gasteiger partial charge >= 0.3 is 0 Å². The van der Waals surface area contributed by atoms with Crippen LogP contribution in [0.15, 0.2) is 41.4 Å². The van der Waals surface area contributed by atoms with Gasteiger partial charge in [0.2, 0.25) is 0 Å². The fourth-order valence-corrected chi connectivity index (χ4v) is 2.73. The lowest BCUT2D eigenvalue weighted by atomic mass is 10.2. The van der Waals surface area contributed by atoms with Crippen molar-refractivity contribution >= 4 is 29.0 Å². The summed E-state index contributed by atoms with van der Waals surface area (Å²) in [5, 5.41) is 17.4. The van der Waals surface area contributed by atoms with Crippen molar-refractivity contribution in [2.75, 3.05) is 0 Å². The zero-order chi connectivity index (χ0) is 13.2. The second kappa shape index (κ2) is 5.14. The van der Waals surface area contributed by atoms with Crippen LogP contribution in [-0.4, -0.2) is 25.3 Å². The molecule has 0 aliphatic heterocycles. The average Bonchev–Trinajstić information content (AvgIpc) is 2.87. The van der Waals surface area contributed by atoms with E-state index in [0.29, 0.717) is 5.65 Å². The van der Waals surface area contributed by atoms with E-state index in [2.05, 4.69) is 27.5 Å². The molecule has 0 radical (unpaired) electrons. The maximum atomic E-state index is 5.88. The number of nitrogens with zero attached hydrogens (tertiary/aromatic N) is 5. The molecule has 7 heteroatoms. The topological polar surface area (TPSA) is 56.0 Å². The number of tetrazole rings is 1. The number of aromatic nitrogens is 5. The normalized spacial score (nSPS) is 12.7. The zero-order valence-corrected chi connectivity index (χ0v) is 11.6. The van der Waals surface area contributed by atoms with Crippen LogP contribution in [0.25, 0.3) is 5.65 Å². The van der Waals surface area contributed by atoms with Crippen molar-refractivity contribution in [3.8, 4) is 0 Å². The van der Waals surface area contributed by atoms with Gasteiger partial charge in [-0.05, 0) is 47.2 Å². The summed E-state index contributed by atoms with van der Waals surface area (Å²) >= 11 is 7.53. The lowest BCUT2D eigenvalue weighted by molar-refractivity contribution is 0.702. The quantitative estimate of drug-likeness (QED) is 0.694. The van der Waals surface area contributed by atoms with Gasteiger partial charge in [0.05, 0.1) is 0 Å². The van der Waals surface area contributed by atoms with E-state index >= 15 is 0 Å². The molecule has 1 aromatic carbocycles. The molecule has 0 fully saturated rings. The van der Waals surface area contributed by atoms with Gasteiger partial charge in [-0.2, -0.15) is 0 Å². The highest BCUT2D eigenvalue weighted by Gasteiger charge is 2.09. The summed E-state index contributed by atoms with van der Waals surface area (Å²) in [5.74, 6) is 0. The highest BCUT2D eigenvalue weighted by molar-refractivity contribution is 7.99. The summed E-state index contributed by atoms with van der Waals surface area (Å²) in [4.78, 5) is 0. The molecule has 96 valence electrons. The number of hydrogen-bond donors (Lipinski definition) is 0. The molecule has 0 spiro atoms. The van der Waals surface area contributed by atoms with Gasteiger partial charge in [0.25, 0.3) is 0 Å². The Kier molecular flexibility index (Phi) is 3.35. The third-order valence-electron chi connectivity index (χ3n) is 2.68. The third-order valence-corrected chi connectivity index (χ3v) is 4.02. The van der Waals surface area contributed by atoms with E-state index < -0.39 is 0 Å². The molecule has 3 aromatic rings. The van der Waals surface area contributed by atoms with E-state index in [4.69, 9.17) is 11.6 Å². The minimum Gasteiger partial charge on any atom is -0.140 e. The number of rotatable bonds is 3. The van der Waals surface area contributed by atoms with Crippen molar-refractivity contribution in [3.63, 3.8) is 0 Å². The first-order valence-electron chi connectivity index (χ1n) is 5.70. The fraction of sp³-hybridized carbons (Fsp3) is 0.167. The number of benzene rings is 1. The average molecular weight is 292 g/mol. The number of fused-ring (bicyclic) bond motifs is 1. The Morgan fingerprint density at radius 3 is 2.74 bits per heavy atom. The zero-order valence-electron chi connectivity index (χ0n) is 10.1. The summed E-state index contributed by atoms with van der Waals surface area (Å²) in [7, 11) is 0. The van der Waals surface area contributed by atoms with Crippen molar-refractivity contribution in [1.29, 1.82) is 0 Å². The van der Waals surface area contributed by atoms with Gasteiger partial charge in [-0.15, -0.1) is 14.8 Å². The van der Waals surface area contributed by atoms with Gasteiger partial charge in [-0.1, -0.05) is 35.5 Å². The Hall–Kier alpha value is -1.66. The van der Waals surface area contributed by atoms with E-state index in [1.807, 2.05) is 36.4 Å². The Labute approximate surface area is 119 Å². The maximum Gasteiger partial charge on any atom is 0.200 e. The van der Waals surface area contributed by atoms with E-state index in [9.17, 15) is 0 Å². The fourth-order valence-electron chi connectivity index (χ4n) is 1.68. The predicted molar refractivity (Wildman–Crippen MR) is 74.3 cm³/mol. The minimum atomic E-state index is 0.277. The summed E-state index contributed by atoms with van der Waals surface area (Å²) in [6.45, 7) is 2.12. The van der Waals surface area contributed by atoms with Crippen LogP contribution >= 0.6 is 23.4 Å². The van der Waals surface area contributed by atoms with Crippen molar-refractivity contribution in [1.82, 2.24) is 25.3 Å². The van der Waals surface area contributed by atoms with Gasteiger partial charge in [0.1, 0.15) is 5.03 Å². The minimum absolute atomic E-state index is 0.277. The number of thioether (sulfide) groups is 1. The number of hydrogen-bond acceptors (Lipinski definition) is 5. The van der Waals surface area contributed by atoms with Crippen LogP contribution in [0, 0.1) is 0 Å². The molecule has 2 heterocycles. The molecular weight excluding hydrogens is 282 g/mol. The third kappa shape index (κ3) is 2.69. The van der Waals surface area contributed by atoms with Gasteiger partial charge in [-0.25, -0.2) is 0 Å². The largest absolute Gasteiger partial charge is 0.200 e. The van der Waals surface area contributed by atoms with Crippen molar-refractivity contribution < 1.29 is 0 Å². The molecule has 0 saturated carbocycles. The van der Waals surface area contributed by atoms with Crippen LogP contribution in [0.1, 0.15) is 17.7 Å². The van der Waals surface area contributed by atoms with E-state index in [1.54, 1.807) is 11.8 Å². The molecular formula is C12H10ClN5S. The number of halogens is 1. The van der Waals surface area contributed by atoms with Gasteiger partial charge in [0.15, 0.2) is 5.65 Å². The Morgan fingerprint density at radius 1 is 1.16 bits per heavy atom. The van der Waals surface area contributed by atoms with Gasteiger partial charge in [-0.3, -0.25) is 0 Å². The SMILES string of the molecule is CC(Sc1ccc2nnnn2n1)c1ccc(Cl)cc1. The molecule has 1 atom stereocenters. The predicted octanol–water partition coefficient (Wildman–Crippen LogP) is 3.03. The molecule has 0 N–H and O–H groups in total. The first kappa shape index (κ1) is 12.4. The summed E-state index contributed by atoms with van der Waals surface area (Å²) in [6.07, 6.45) is 0. The molecule has 0 saturated heterocycles. The molecule has 0 aliphatic rings. The van der Waals surface area contributed by atoms with Crippen molar-refractivity contribution in [2.24, 2.45) is 0 Å². The standard InChI is InChI=1S/C12H10ClN5S/c1-8(9-2-4-10(13)5-3-9)19-12-7-6-11-14-16-17-18(11)15-12/h2-8H,1H3. The van der Waals surface area contributed by atoms with Crippen LogP contribution in [-0.2, 0) is 0 Å². The van der Waals surface area contributed by atoms with Crippen LogP contribution in [0.5, 0.6) is 0 Å². The molecule has 19 heavy (non-hydrogen) atoms. The van der Waals surface area contributed by atoms with E-state index in [1.165, 1.54) is 10.2 Å². The summed E-state index contributed by atoms with van der Waals surface area (Å²) < 4.78 is 1.43. The van der Waals surface area contributed by atoms with Crippen LogP contribution in [0.2, 0.25) is 5.02 Å². The molecule has 0 aliphatic carbocycles. The Morgan fingerprint density at radius 2 is 1.95 bits per heavy atom. The molecule has 5 nitrogen and oxygen atoms in total. The Balaban J connectivity index is 1.81. The van der Waals surface area contributed by atoms with E-state index in [0.717, 1.165) is 10.0 Å². The first-order valence-corrected chi connectivity index (χ1v) is 6.96. The summed E-state index contributed by atoms with van der Waals surface area (Å²) in [5.41, 5.74) is 1.84. The van der Waals surface area contributed by atoms with Crippen LogP contribution < -0.4 is 0 Å². The molecule has 0 amide bonds. The highest BCUT2D eigenvalue weighted by atomic mass is 35.5. The van der Waals surface area contributed by atoms with E-state index in [-0.39, 0.29) is 5.25 Å². The second-order valence-electron chi connectivity index (χ2n) is 4.01. The van der Waals surface area contributed by atoms with Crippen molar-refractivity contribution in [3.05, 3.63) is 47.0 Å². The highest BCUT2D eigenvalue weighted by Crippen LogP contribution is 2.33. The molecule has 2 aromatic heterocycles. The molecule has 3 rings (SSSR count). The lowest BCUT2D eigenvalue weighted by Crippen LogP contribution is -1.97. The van der Waals surface area contributed by atoms with Gasteiger partial charge in [0, 0.05) is 10.3 Å². The monoisotopic (exact) mass is 291 g/mol. The Bertz CT molecular complexity index is 697. The van der Waals surface area contributed by atoms with Crippen LogP contribution in [0.3, 0.4) is 0 Å². The molecule has 1 unspecified atom stereocenters.